The third-order valence-electron chi connectivity index (χ3n) is 6.51. The molecule has 5 aromatic rings. The molecule has 0 aliphatic carbocycles. The third kappa shape index (κ3) is 4.52. The monoisotopic (exact) mass is 463 g/mol. The molecule has 0 aliphatic rings. The summed E-state index contributed by atoms with van der Waals surface area (Å²) in [6, 6.07) is 25.6. The van der Waals surface area contributed by atoms with E-state index in [9.17, 15) is 9.90 Å². The van der Waals surface area contributed by atoms with E-state index in [0.717, 1.165) is 63.5 Å². The molecular weight excluding hydrogens is 434 g/mol. The summed E-state index contributed by atoms with van der Waals surface area (Å²) in [5.74, 6) is 0.892. The zero-order valence-corrected chi connectivity index (χ0v) is 20.1. The Morgan fingerprint density at radius 2 is 1.74 bits per heavy atom. The Balaban J connectivity index is 1.42. The van der Waals surface area contributed by atoms with Crippen molar-refractivity contribution >= 4 is 27.6 Å². The zero-order valence-electron chi connectivity index (χ0n) is 20.1. The maximum atomic E-state index is 13.2. The Morgan fingerprint density at radius 3 is 2.54 bits per heavy atom. The largest absolute Gasteiger partial charge is 0.507 e. The summed E-state index contributed by atoms with van der Waals surface area (Å²) in [5, 5.41) is 16.5. The van der Waals surface area contributed by atoms with Gasteiger partial charge in [-0.3, -0.25) is 4.79 Å². The molecule has 2 N–H and O–H groups in total. The molecule has 4 aromatic carbocycles. The molecule has 1 amide bonds. The highest BCUT2D eigenvalue weighted by molar-refractivity contribution is 6.07. The summed E-state index contributed by atoms with van der Waals surface area (Å²) in [6.45, 7) is 4.58. The fourth-order valence-electron chi connectivity index (χ4n) is 4.63. The SMILES string of the molecule is CCCCc1oc2ccccc2c1C(=O)NCc1ccc2c(-c3ccc(C)cc3)c(O)ccc2c1. The minimum Gasteiger partial charge on any atom is -0.507 e. The molecule has 0 aliphatic heterocycles. The standard InChI is InChI=1S/C31H29NO3/c1-3-4-8-28-30(25-7-5-6-9-27(25)35-28)31(34)32-19-21-12-16-24-23(18-21)15-17-26(33)29(24)22-13-10-20(2)11-14-22/h5-7,9-18,33H,3-4,8,19H2,1-2H3,(H,32,34). The molecule has 0 atom stereocenters. The first-order valence-electron chi connectivity index (χ1n) is 12.2. The van der Waals surface area contributed by atoms with E-state index < -0.39 is 0 Å². The van der Waals surface area contributed by atoms with Crippen LogP contribution in [0.25, 0.3) is 32.9 Å². The fourth-order valence-corrected chi connectivity index (χ4v) is 4.63. The molecule has 0 bridgehead atoms. The number of fused-ring (bicyclic) bond motifs is 2. The topological polar surface area (TPSA) is 62.5 Å². The average molecular weight is 464 g/mol. The Hall–Kier alpha value is -4.05. The van der Waals surface area contributed by atoms with E-state index in [2.05, 4.69) is 18.3 Å². The van der Waals surface area contributed by atoms with E-state index in [4.69, 9.17) is 4.42 Å². The quantitative estimate of drug-likeness (QED) is 0.262. The van der Waals surface area contributed by atoms with Crippen molar-refractivity contribution in [3.05, 3.63) is 101 Å². The van der Waals surface area contributed by atoms with Gasteiger partial charge in [-0.2, -0.15) is 0 Å². The van der Waals surface area contributed by atoms with Gasteiger partial charge < -0.3 is 14.8 Å². The van der Waals surface area contributed by atoms with Gasteiger partial charge in [0.05, 0.1) is 5.56 Å². The van der Waals surface area contributed by atoms with E-state index in [1.807, 2.05) is 73.7 Å². The van der Waals surface area contributed by atoms with Gasteiger partial charge in [-0.15, -0.1) is 0 Å². The number of hydrogen-bond donors (Lipinski definition) is 2. The van der Waals surface area contributed by atoms with Gasteiger partial charge in [0.25, 0.3) is 5.91 Å². The highest BCUT2D eigenvalue weighted by Crippen LogP contribution is 2.37. The first-order chi connectivity index (χ1) is 17.0. The van der Waals surface area contributed by atoms with E-state index >= 15 is 0 Å². The molecule has 176 valence electrons. The molecule has 0 saturated carbocycles. The normalized spacial score (nSPS) is 11.3. The number of carbonyl (C=O) groups is 1. The molecule has 0 fully saturated rings. The van der Waals surface area contributed by atoms with Gasteiger partial charge in [0.2, 0.25) is 0 Å². The number of rotatable bonds is 7. The third-order valence-corrected chi connectivity index (χ3v) is 6.51. The van der Waals surface area contributed by atoms with Gasteiger partial charge >= 0.3 is 0 Å². The molecule has 4 heteroatoms. The smallest absolute Gasteiger partial charge is 0.255 e. The summed E-state index contributed by atoms with van der Waals surface area (Å²) in [7, 11) is 0. The number of aromatic hydroxyl groups is 1. The molecular formula is C31H29NO3. The molecule has 5 rings (SSSR count). The van der Waals surface area contributed by atoms with Crippen LogP contribution < -0.4 is 5.32 Å². The number of nitrogens with one attached hydrogen (secondary N) is 1. The van der Waals surface area contributed by atoms with Gasteiger partial charge in [0.15, 0.2) is 0 Å². The number of amides is 1. The lowest BCUT2D eigenvalue weighted by molar-refractivity contribution is 0.0950. The number of furan rings is 1. The molecule has 0 spiro atoms. The van der Waals surface area contributed by atoms with Gasteiger partial charge in [0, 0.05) is 23.9 Å². The van der Waals surface area contributed by atoms with Crippen LogP contribution in [0.3, 0.4) is 0 Å². The van der Waals surface area contributed by atoms with Crippen LogP contribution in [0.5, 0.6) is 5.75 Å². The average Bonchev–Trinajstić information content (AvgIpc) is 3.25. The van der Waals surface area contributed by atoms with Gasteiger partial charge in [-0.05, 0) is 53.4 Å². The molecule has 1 aromatic heterocycles. The second-order valence-electron chi connectivity index (χ2n) is 9.06. The van der Waals surface area contributed by atoms with E-state index in [1.165, 1.54) is 5.56 Å². The van der Waals surface area contributed by atoms with Crippen LogP contribution >= 0.6 is 0 Å². The highest BCUT2D eigenvalue weighted by atomic mass is 16.3. The van der Waals surface area contributed by atoms with Crippen LogP contribution in [0.4, 0.5) is 0 Å². The lowest BCUT2D eigenvalue weighted by Crippen LogP contribution is -2.23. The first kappa shape index (κ1) is 22.7. The lowest BCUT2D eigenvalue weighted by Gasteiger charge is -2.12. The van der Waals surface area contributed by atoms with Crippen LogP contribution in [0.1, 0.15) is 47.0 Å². The number of carbonyl (C=O) groups excluding carboxylic acids is 1. The molecule has 0 unspecified atom stereocenters. The number of aryl methyl sites for hydroxylation is 2. The van der Waals surface area contributed by atoms with Gasteiger partial charge in [-0.1, -0.05) is 79.6 Å². The summed E-state index contributed by atoms with van der Waals surface area (Å²) in [4.78, 5) is 13.2. The first-order valence-corrected chi connectivity index (χ1v) is 12.2. The Bertz CT molecular complexity index is 1510. The minimum atomic E-state index is -0.118. The van der Waals surface area contributed by atoms with Gasteiger partial charge in [0.1, 0.15) is 17.1 Å². The Kier molecular flexibility index (Phi) is 6.28. The van der Waals surface area contributed by atoms with Crippen molar-refractivity contribution < 1.29 is 14.3 Å². The zero-order chi connectivity index (χ0) is 24.4. The number of para-hydroxylation sites is 1. The maximum Gasteiger partial charge on any atom is 0.255 e. The molecule has 35 heavy (non-hydrogen) atoms. The van der Waals surface area contributed by atoms with Crippen LogP contribution in [-0.2, 0) is 13.0 Å². The number of hydrogen-bond acceptors (Lipinski definition) is 3. The molecule has 1 heterocycles. The van der Waals surface area contributed by atoms with Crippen molar-refractivity contribution in [2.24, 2.45) is 0 Å². The van der Waals surface area contributed by atoms with E-state index in [-0.39, 0.29) is 11.7 Å². The second-order valence-corrected chi connectivity index (χ2v) is 9.06. The summed E-state index contributed by atoms with van der Waals surface area (Å²) in [5.41, 5.74) is 5.36. The Morgan fingerprint density at radius 1 is 0.943 bits per heavy atom. The van der Waals surface area contributed by atoms with Crippen LogP contribution in [0.15, 0.2) is 83.3 Å². The summed E-state index contributed by atoms with van der Waals surface area (Å²) < 4.78 is 6.02. The number of phenolic OH excluding ortho intramolecular Hbond substituents is 1. The Labute approximate surface area is 205 Å². The van der Waals surface area contributed by atoms with Crippen LogP contribution in [-0.4, -0.2) is 11.0 Å². The molecule has 0 radical (unpaired) electrons. The van der Waals surface area contributed by atoms with Crippen molar-refractivity contribution in [2.75, 3.05) is 0 Å². The fraction of sp³-hybridized carbons (Fsp3) is 0.194. The van der Waals surface area contributed by atoms with Crippen molar-refractivity contribution in [1.29, 1.82) is 0 Å². The van der Waals surface area contributed by atoms with Crippen molar-refractivity contribution in [2.45, 2.75) is 39.7 Å². The van der Waals surface area contributed by atoms with Crippen molar-refractivity contribution in [3.63, 3.8) is 0 Å². The van der Waals surface area contributed by atoms with Crippen molar-refractivity contribution in [1.82, 2.24) is 5.32 Å². The van der Waals surface area contributed by atoms with Crippen molar-refractivity contribution in [3.8, 4) is 16.9 Å². The van der Waals surface area contributed by atoms with Gasteiger partial charge in [-0.25, -0.2) is 0 Å². The maximum absolute atomic E-state index is 13.2. The summed E-state index contributed by atoms with van der Waals surface area (Å²) in [6.07, 6.45) is 2.76. The van der Waals surface area contributed by atoms with E-state index in [0.29, 0.717) is 12.1 Å². The second kappa shape index (κ2) is 9.67. The predicted molar refractivity (Wildman–Crippen MR) is 142 cm³/mol. The summed E-state index contributed by atoms with van der Waals surface area (Å²) >= 11 is 0. The van der Waals surface area contributed by atoms with Crippen LogP contribution in [0, 0.1) is 6.92 Å². The molecule has 4 nitrogen and oxygen atoms in total. The minimum absolute atomic E-state index is 0.118. The predicted octanol–water partition coefficient (Wildman–Crippen LogP) is 7.54. The lowest BCUT2D eigenvalue weighted by atomic mass is 9.95. The number of phenols is 1. The highest BCUT2D eigenvalue weighted by Gasteiger charge is 2.20. The van der Waals surface area contributed by atoms with E-state index in [1.54, 1.807) is 6.07 Å². The van der Waals surface area contributed by atoms with Crippen LogP contribution in [0.2, 0.25) is 0 Å². The molecule has 0 saturated heterocycles. The number of benzene rings is 4. The number of unbranched alkanes of at least 4 members (excludes halogenated alkanes) is 1.